The molecule has 0 fully saturated rings. The van der Waals surface area contributed by atoms with E-state index in [0.717, 1.165) is 16.5 Å². The summed E-state index contributed by atoms with van der Waals surface area (Å²) in [7, 11) is 0. The van der Waals surface area contributed by atoms with Crippen molar-refractivity contribution in [2.75, 3.05) is 0 Å². The van der Waals surface area contributed by atoms with Crippen molar-refractivity contribution < 1.29 is 23.5 Å². The second-order valence-corrected chi connectivity index (χ2v) is 8.48. The molecule has 5 rings (SSSR count). The summed E-state index contributed by atoms with van der Waals surface area (Å²) in [6, 6.07) is 19.4. The minimum Gasteiger partial charge on any atom is -0.503 e. The Morgan fingerprint density at radius 3 is 2.48 bits per heavy atom. The van der Waals surface area contributed by atoms with Crippen LogP contribution in [-0.4, -0.2) is 21.7 Å². The number of nitrogens with zero attached hydrogens (tertiary/aromatic N) is 1. The summed E-state index contributed by atoms with van der Waals surface area (Å²) >= 11 is 0. The van der Waals surface area contributed by atoms with E-state index in [2.05, 4.69) is 13.8 Å². The summed E-state index contributed by atoms with van der Waals surface area (Å²) in [6.45, 7) is 4.31. The first-order chi connectivity index (χ1) is 15.9. The summed E-state index contributed by atoms with van der Waals surface area (Å²) in [4.78, 5) is 28.1. The molecule has 33 heavy (non-hydrogen) atoms. The molecule has 6 heteroatoms. The molecule has 0 saturated heterocycles. The molecule has 1 N–H and O–H groups in total. The van der Waals surface area contributed by atoms with Crippen LogP contribution in [0.4, 0.5) is 0 Å². The highest BCUT2D eigenvalue weighted by Crippen LogP contribution is 2.40. The van der Waals surface area contributed by atoms with Crippen LogP contribution >= 0.6 is 0 Å². The van der Waals surface area contributed by atoms with Crippen molar-refractivity contribution in [1.82, 2.24) is 4.90 Å². The van der Waals surface area contributed by atoms with Crippen molar-refractivity contribution >= 4 is 22.7 Å². The number of hydrogen-bond donors (Lipinski definition) is 1. The van der Waals surface area contributed by atoms with Gasteiger partial charge in [-0.3, -0.25) is 9.59 Å². The number of amides is 1. The van der Waals surface area contributed by atoms with Gasteiger partial charge in [0, 0.05) is 5.39 Å². The zero-order chi connectivity index (χ0) is 23.1. The molecule has 0 saturated carbocycles. The van der Waals surface area contributed by atoms with Crippen LogP contribution in [0.15, 0.2) is 93.2 Å². The number of furan rings is 2. The van der Waals surface area contributed by atoms with E-state index in [1.54, 1.807) is 24.3 Å². The minimum absolute atomic E-state index is 0.00269. The van der Waals surface area contributed by atoms with Crippen LogP contribution in [0.1, 0.15) is 53.2 Å². The van der Waals surface area contributed by atoms with E-state index >= 15 is 0 Å². The van der Waals surface area contributed by atoms with Gasteiger partial charge in [-0.05, 0) is 41.3 Å². The van der Waals surface area contributed by atoms with Crippen molar-refractivity contribution in [1.29, 1.82) is 0 Å². The summed E-state index contributed by atoms with van der Waals surface area (Å²) in [5.74, 6) is -0.735. The molecule has 166 valence electrons. The van der Waals surface area contributed by atoms with Crippen molar-refractivity contribution in [3.8, 4) is 0 Å². The number of hydrogen-bond acceptors (Lipinski definition) is 5. The van der Waals surface area contributed by atoms with Crippen LogP contribution in [-0.2, 0) is 11.3 Å². The Hall–Kier alpha value is -4.06. The van der Waals surface area contributed by atoms with E-state index in [-0.39, 0.29) is 17.9 Å². The fourth-order valence-corrected chi connectivity index (χ4v) is 4.26. The highest BCUT2D eigenvalue weighted by atomic mass is 16.3. The first kappa shape index (κ1) is 20.8. The SMILES string of the molecule is CC(C)c1ccc(C2C(C(=O)c3cc4ccccc4o3)=C(O)C(=O)N2Cc2ccco2)cc1. The minimum atomic E-state index is -0.774. The van der Waals surface area contributed by atoms with Crippen molar-refractivity contribution in [2.24, 2.45) is 0 Å². The Labute approximate surface area is 190 Å². The number of carbonyl (C=O) groups excluding carboxylic acids is 2. The van der Waals surface area contributed by atoms with E-state index in [9.17, 15) is 14.7 Å². The maximum atomic E-state index is 13.6. The second kappa shape index (κ2) is 8.13. The van der Waals surface area contributed by atoms with Crippen molar-refractivity contribution in [2.45, 2.75) is 32.4 Å². The third kappa shape index (κ3) is 3.63. The van der Waals surface area contributed by atoms with E-state index in [4.69, 9.17) is 8.83 Å². The highest BCUT2D eigenvalue weighted by molar-refractivity contribution is 6.16. The Bertz CT molecular complexity index is 1330. The average molecular weight is 441 g/mol. The van der Waals surface area contributed by atoms with E-state index in [1.165, 1.54) is 11.2 Å². The third-order valence-corrected chi connectivity index (χ3v) is 6.02. The number of carbonyl (C=O) groups is 2. The Kier molecular flexibility index (Phi) is 5.13. The van der Waals surface area contributed by atoms with Gasteiger partial charge in [0.1, 0.15) is 11.3 Å². The van der Waals surface area contributed by atoms with Crippen LogP contribution in [0, 0.1) is 0 Å². The third-order valence-electron chi connectivity index (χ3n) is 6.02. The first-order valence-corrected chi connectivity index (χ1v) is 10.8. The Morgan fingerprint density at radius 1 is 1.06 bits per heavy atom. The van der Waals surface area contributed by atoms with Gasteiger partial charge in [-0.25, -0.2) is 0 Å². The summed E-state index contributed by atoms with van der Waals surface area (Å²) in [6.07, 6.45) is 1.52. The zero-order valence-corrected chi connectivity index (χ0v) is 18.3. The van der Waals surface area contributed by atoms with E-state index in [1.807, 2.05) is 42.5 Å². The maximum absolute atomic E-state index is 13.6. The van der Waals surface area contributed by atoms with Gasteiger partial charge in [0.15, 0.2) is 11.5 Å². The fraction of sp³-hybridized carbons (Fsp3) is 0.185. The van der Waals surface area contributed by atoms with Crippen molar-refractivity contribution in [3.05, 3.63) is 107 Å². The van der Waals surface area contributed by atoms with Gasteiger partial charge in [0.25, 0.3) is 5.91 Å². The van der Waals surface area contributed by atoms with Gasteiger partial charge >= 0.3 is 0 Å². The molecule has 1 aliphatic rings. The number of para-hydroxylation sites is 1. The number of fused-ring (bicyclic) bond motifs is 1. The summed E-state index contributed by atoms with van der Waals surface area (Å²) in [5.41, 5.74) is 2.43. The van der Waals surface area contributed by atoms with Gasteiger partial charge in [0.2, 0.25) is 5.78 Å². The lowest BCUT2D eigenvalue weighted by molar-refractivity contribution is -0.130. The molecule has 1 unspecified atom stereocenters. The molecule has 4 aromatic rings. The number of aliphatic hydroxyl groups excluding tert-OH is 1. The van der Waals surface area contributed by atoms with Gasteiger partial charge in [-0.1, -0.05) is 56.3 Å². The Morgan fingerprint density at radius 2 is 1.82 bits per heavy atom. The first-order valence-electron chi connectivity index (χ1n) is 10.8. The zero-order valence-electron chi connectivity index (χ0n) is 18.3. The molecule has 6 nitrogen and oxygen atoms in total. The lowest BCUT2D eigenvalue weighted by Crippen LogP contribution is -2.30. The van der Waals surface area contributed by atoms with E-state index < -0.39 is 23.5 Å². The number of rotatable bonds is 6. The van der Waals surface area contributed by atoms with Crippen molar-refractivity contribution in [3.63, 3.8) is 0 Å². The van der Waals surface area contributed by atoms with Crippen LogP contribution in [0.2, 0.25) is 0 Å². The number of aliphatic hydroxyl groups is 1. The Balaban J connectivity index is 1.59. The molecular formula is C27H23NO5. The molecule has 0 spiro atoms. The predicted octanol–water partition coefficient (Wildman–Crippen LogP) is 5.93. The predicted molar refractivity (Wildman–Crippen MR) is 123 cm³/mol. The topological polar surface area (TPSA) is 83.9 Å². The smallest absolute Gasteiger partial charge is 0.290 e. The summed E-state index contributed by atoms with van der Waals surface area (Å²) in [5, 5.41) is 11.6. The average Bonchev–Trinajstić information content (AvgIpc) is 3.54. The summed E-state index contributed by atoms with van der Waals surface area (Å²) < 4.78 is 11.2. The van der Waals surface area contributed by atoms with Crippen LogP contribution in [0.5, 0.6) is 0 Å². The molecule has 3 heterocycles. The number of ketones is 1. The van der Waals surface area contributed by atoms with Gasteiger partial charge < -0.3 is 18.8 Å². The van der Waals surface area contributed by atoms with Crippen LogP contribution in [0.3, 0.4) is 0 Å². The van der Waals surface area contributed by atoms with Gasteiger partial charge in [-0.2, -0.15) is 0 Å². The molecule has 1 amide bonds. The molecule has 0 aliphatic carbocycles. The molecule has 1 atom stereocenters. The quantitative estimate of drug-likeness (QED) is 0.375. The van der Waals surface area contributed by atoms with E-state index in [0.29, 0.717) is 17.3 Å². The molecule has 0 radical (unpaired) electrons. The monoisotopic (exact) mass is 441 g/mol. The molecule has 1 aliphatic heterocycles. The molecule has 2 aromatic carbocycles. The van der Waals surface area contributed by atoms with Gasteiger partial charge in [0.05, 0.1) is 24.4 Å². The van der Waals surface area contributed by atoms with Crippen LogP contribution in [0.25, 0.3) is 11.0 Å². The number of benzene rings is 2. The number of Topliss-reactive ketones (excluding diaryl/α,β-unsaturated/α-hetero) is 1. The standard InChI is InChI=1S/C27H23NO5/c1-16(2)17-9-11-18(12-10-17)24-23(25(29)22-14-19-6-3-4-8-21(19)33-22)26(30)27(31)28(24)15-20-7-5-13-32-20/h3-14,16,24,30H,15H2,1-2H3. The lowest BCUT2D eigenvalue weighted by atomic mass is 9.93. The molecule has 2 aromatic heterocycles. The molecule has 0 bridgehead atoms. The largest absolute Gasteiger partial charge is 0.503 e. The molecular weight excluding hydrogens is 418 g/mol. The lowest BCUT2D eigenvalue weighted by Gasteiger charge is -2.26. The van der Waals surface area contributed by atoms with Gasteiger partial charge in [-0.15, -0.1) is 0 Å². The second-order valence-electron chi connectivity index (χ2n) is 8.48. The van der Waals surface area contributed by atoms with Crippen LogP contribution < -0.4 is 0 Å². The highest BCUT2D eigenvalue weighted by Gasteiger charge is 2.44. The normalized spacial score (nSPS) is 16.4. The maximum Gasteiger partial charge on any atom is 0.290 e. The fourth-order valence-electron chi connectivity index (χ4n) is 4.26.